The van der Waals surface area contributed by atoms with Crippen molar-refractivity contribution in [3.63, 3.8) is 0 Å². The molecule has 1 rings (SSSR count). The van der Waals surface area contributed by atoms with Crippen LogP contribution >= 0.6 is 0 Å². The Balaban J connectivity index is 3.23. The molecule has 0 spiro atoms. The maximum Gasteiger partial charge on any atom is 0.458 e. The zero-order valence-corrected chi connectivity index (χ0v) is 12.7. The number of alkyl halides is 5. The Bertz CT molecular complexity index is 653. The molecule has 1 amide bonds. The van der Waals surface area contributed by atoms with Crippen molar-refractivity contribution < 1.29 is 36.4 Å². The monoisotopic (exact) mass is 356 g/mol. The van der Waals surface area contributed by atoms with Crippen LogP contribution in [0.5, 0.6) is 0 Å². The summed E-state index contributed by atoms with van der Waals surface area (Å²) in [4.78, 5) is 21.3. The Kier molecular flexibility index (Phi) is 5.07. The fourth-order valence-electron chi connectivity index (χ4n) is 1.56. The normalized spacial score (nSPS) is 12.7. The van der Waals surface area contributed by atoms with E-state index in [4.69, 9.17) is 4.74 Å². The lowest BCUT2D eigenvalue weighted by Crippen LogP contribution is -2.33. The van der Waals surface area contributed by atoms with Gasteiger partial charge in [0, 0.05) is 11.6 Å². The number of carbonyl (C=O) groups excluding carboxylic acids is 1. The molecule has 0 saturated carbocycles. The van der Waals surface area contributed by atoms with Crippen LogP contribution in [0.1, 0.15) is 26.3 Å². The van der Waals surface area contributed by atoms with Crippen molar-refractivity contribution in [1.82, 2.24) is 0 Å². The van der Waals surface area contributed by atoms with Gasteiger partial charge in [0.15, 0.2) is 0 Å². The lowest BCUT2D eigenvalue weighted by atomic mass is 10.1. The summed E-state index contributed by atoms with van der Waals surface area (Å²) >= 11 is 0. The van der Waals surface area contributed by atoms with E-state index in [0.717, 1.165) is 0 Å². The Hall–Kier alpha value is -2.46. The predicted octanol–water partition coefficient (Wildman–Crippen LogP) is 4.60. The zero-order chi connectivity index (χ0) is 18.9. The number of benzene rings is 1. The fraction of sp³-hybridized carbons (Fsp3) is 0.462. The molecule has 0 heterocycles. The van der Waals surface area contributed by atoms with Crippen LogP contribution in [0.25, 0.3) is 0 Å². The Morgan fingerprint density at radius 2 is 1.71 bits per heavy atom. The number of anilines is 1. The van der Waals surface area contributed by atoms with Crippen LogP contribution in [-0.2, 0) is 10.7 Å². The molecular formula is C13H13F5N2O4. The average molecular weight is 356 g/mol. The Morgan fingerprint density at radius 1 is 1.17 bits per heavy atom. The minimum atomic E-state index is -5.92. The lowest BCUT2D eigenvalue weighted by Gasteiger charge is -2.21. The highest BCUT2D eigenvalue weighted by molar-refractivity contribution is 5.88. The summed E-state index contributed by atoms with van der Waals surface area (Å²) in [5, 5.41) is 12.8. The van der Waals surface area contributed by atoms with Gasteiger partial charge in [-0.2, -0.15) is 22.0 Å². The highest BCUT2D eigenvalue weighted by atomic mass is 19.4. The Morgan fingerprint density at radius 3 is 2.12 bits per heavy atom. The summed E-state index contributed by atoms with van der Waals surface area (Å²) < 4.78 is 68.4. The van der Waals surface area contributed by atoms with Crippen molar-refractivity contribution in [3.8, 4) is 0 Å². The van der Waals surface area contributed by atoms with Gasteiger partial charge in [0.2, 0.25) is 0 Å². The van der Waals surface area contributed by atoms with Crippen LogP contribution in [0.4, 0.5) is 38.1 Å². The number of nitro groups is 1. The summed E-state index contributed by atoms with van der Waals surface area (Å²) in [5.41, 5.74) is -4.25. The molecule has 0 fully saturated rings. The molecule has 0 unspecified atom stereocenters. The predicted molar refractivity (Wildman–Crippen MR) is 72.9 cm³/mol. The zero-order valence-electron chi connectivity index (χ0n) is 12.7. The van der Waals surface area contributed by atoms with E-state index < -0.39 is 45.7 Å². The standard InChI is InChI=1S/C13H13F5N2O4/c1-11(2,3)24-10(21)19-8-5-4-7(6-9(8)20(22)23)12(14,15)13(16,17)18/h4-6H,1-3H3,(H,19,21). The molecule has 6 nitrogen and oxygen atoms in total. The summed E-state index contributed by atoms with van der Waals surface area (Å²) in [6.07, 6.45) is -7.04. The molecule has 1 aromatic carbocycles. The number of rotatable bonds is 3. The van der Waals surface area contributed by atoms with Gasteiger partial charge in [-0.1, -0.05) is 6.07 Å². The molecule has 0 aliphatic heterocycles. The molecule has 0 atom stereocenters. The number of hydrogen-bond acceptors (Lipinski definition) is 4. The number of hydrogen-bond donors (Lipinski definition) is 1. The molecule has 1 N–H and O–H groups in total. The molecular weight excluding hydrogens is 343 g/mol. The van der Waals surface area contributed by atoms with Crippen LogP contribution < -0.4 is 5.32 Å². The fourth-order valence-corrected chi connectivity index (χ4v) is 1.56. The van der Waals surface area contributed by atoms with Gasteiger partial charge >= 0.3 is 18.2 Å². The molecule has 134 valence electrons. The summed E-state index contributed by atoms with van der Waals surface area (Å²) in [6.45, 7) is 4.52. The molecule has 11 heteroatoms. The van der Waals surface area contributed by atoms with Crippen molar-refractivity contribution in [2.45, 2.75) is 38.5 Å². The van der Waals surface area contributed by atoms with E-state index in [0.29, 0.717) is 12.1 Å². The molecule has 0 bridgehead atoms. The van der Waals surface area contributed by atoms with Crippen LogP contribution in [0.2, 0.25) is 0 Å². The smallest absolute Gasteiger partial charge is 0.444 e. The summed E-state index contributed by atoms with van der Waals surface area (Å²) in [6, 6.07) is 0.977. The van der Waals surface area contributed by atoms with Gasteiger partial charge in [-0.25, -0.2) is 4.79 Å². The summed E-state index contributed by atoms with van der Waals surface area (Å²) in [5.74, 6) is -5.28. The van der Waals surface area contributed by atoms with Crippen LogP contribution in [0.15, 0.2) is 18.2 Å². The molecule has 24 heavy (non-hydrogen) atoms. The number of amides is 1. The second kappa shape index (κ2) is 6.21. The number of nitrogens with one attached hydrogen (secondary N) is 1. The average Bonchev–Trinajstić information content (AvgIpc) is 2.34. The molecule has 0 aromatic heterocycles. The van der Waals surface area contributed by atoms with E-state index in [1.165, 1.54) is 20.8 Å². The van der Waals surface area contributed by atoms with Crippen molar-refractivity contribution in [1.29, 1.82) is 0 Å². The van der Waals surface area contributed by atoms with Crippen molar-refractivity contribution in [2.24, 2.45) is 0 Å². The van der Waals surface area contributed by atoms with Gasteiger partial charge in [-0.3, -0.25) is 15.4 Å². The quantitative estimate of drug-likeness (QED) is 0.488. The highest BCUT2D eigenvalue weighted by Crippen LogP contribution is 2.45. The minimum absolute atomic E-state index is 0.0557. The number of halogens is 5. The third-order valence-corrected chi connectivity index (χ3v) is 2.55. The van der Waals surface area contributed by atoms with Crippen molar-refractivity contribution >= 4 is 17.5 Å². The van der Waals surface area contributed by atoms with Crippen LogP contribution in [0, 0.1) is 10.1 Å². The number of nitrogens with zero attached hydrogens (tertiary/aromatic N) is 1. The van der Waals surface area contributed by atoms with Crippen LogP contribution in [0.3, 0.4) is 0 Å². The van der Waals surface area contributed by atoms with E-state index in [9.17, 15) is 36.9 Å². The first kappa shape index (κ1) is 19.6. The third-order valence-electron chi connectivity index (χ3n) is 2.55. The molecule has 0 radical (unpaired) electrons. The SMILES string of the molecule is CC(C)(C)OC(=O)Nc1ccc(C(F)(F)C(F)(F)F)cc1[N+](=O)[O-]. The van der Waals surface area contributed by atoms with Crippen LogP contribution in [-0.4, -0.2) is 22.8 Å². The first-order valence-electron chi connectivity index (χ1n) is 6.38. The van der Waals surface area contributed by atoms with Gasteiger partial charge in [0.05, 0.1) is 4.92 Å². The number of nitro benzene ring substituents is 1. The topological polar surface area (TPSA) is 81.5 Å². The highest BCUT2D eigenvalue weighted by Gasteiger charge is 2.59. The first-order chi connectivity index (χ1) is 10.6. The van der Waals surface area contributed by atoms with Gasteiger partial charge in [-0.15, -0.1) is 0 Å². The second-order valence-electron chi connectivity index (χ2n) is 5.69. The second-order valence-corrected chi connectivity index (χ2v) is 5.69. The molecule has 0 aliphatic carbocycles. The minimum Gasteiger partial charge on any atom is -0.444 e. The molecule has 0 aliphatic rings. The van der Waals surface area contributed by atoms with Gasteiger partial charge < -0.3 is 4.74 Å². The molecule has 1 aromatic rings. The number of carbonyl (C=O) groups is 1. The maximum atomic E-state index is 13.3. The largest absolute Gasteiger partial charge is 0.458 e. The van der Waals surface area contributed by atoms with E-state index in [1.54, 1.807) is 0 Å². The van der Waals surface area contributed by atoms with Gasteiger partial charge in [-0.05, 0) is 26.8 Å². The van der Waals surface area contributed by atoms with Gasteiger partial charge in [0.1, 0.15) is 11.3 Å². The van der Waals surface area contributed by atoms with Crippen molar-refractivity contribution in [2.75, 3.05) is 5.32 Å². The van der Waals surface area contributed by atoms with E-state index in [-0.39, 0.29) is 6.07 Å². The number of ether oxygens (including phenoxy) is 1. The first-order valence-corrected chi connectivity index (χ1v) is 6.38. The van der Waals surface area contributed by atoms with Gasteiger partial charge in [0.25, 0.3) is 5.69 Å². The maximum absolute atomic E-state index is 13.3. The van der Waals surface area contributed by atoms with E-state index >= 15 is 0 Å². The lowest BCUT2D eigenvalue weighted by molar-refractivity contribution is -0.384. The Labute approximate surface area is 132 Å². The molecule has 0 saturated heterocycles. The van der Waals surface area contributed by atoms with E-state index in [1.807, 2.05) is 5.32 Å². The van der Waals surface area contributed by atoms with Crippen molar-refractivity contribution in [3.05, 3.63) is 33.9 Å². The third kappa shape index (κ3) is 4.52. The van der Waals surface area contributed by atoms with E-state index in [2.05, 4.69) is 0 Å². The summed E-state index contributed by atoms with van der Waals surface area (Å²) in [7, 11) is 0.